The van der Waals surface area contributed by atoms with Crippen LogP contribution >= 0.6 is 11.3 Å². The zero-order valence-corrected chi connectivity index (χ0v) is 16.4. The molecule has 0 aromatic carbocycles. The standard InChI is InChI=1S/C16H19N9O3S/c1-10-2-7-29-12(10)8-18-20-16(26)13-11(9-24-3-5-27-6-4-24)25(23-19-13)15-14(17)21-28-22-15/h2,7-8H,3-6,9H2,1H3,(H2,17,21)(H,20,26). The summed E-state index contributed by atoms with van der Waals surface area (Å²) < 4.78 is 11.4. The molecule has 1 aliphatic rings. The van der Waals surface area contributed by atoms with Crippen molar-refractivity contribution in [1.82, 2.24) is 35.6 Å². The van der Waals surface area contributed by atoms with Crippen LogP contribution in [-0.2, 0) is 11.3 Å². The van der Waals surface area contributed by atoms with E-state index in [1.54, 1.807) is 6.21 Å². The molecule has 0 radical (unpaired) electrons. The van der Waals surface area contributed by atoms with Crippen molar-refractivity contribution in [1.29, 1.82) is 0 Å². The lowest BCUT2D eigenvalue weighted by Crippen LogP contribution is -2.37. The molecular formula is C16H19N9O3S. The average molecular weight is 417 g/mol. The molecule has 1 amide bonds. The molecule has 152 valence electrons. The molecule has 3 N–H and O–H groups in total. The highest BCUT2D eigenvalue weighted by Gasteiger charge is 2.26. The lowest BCUT2D eigenvalue weighted by atomic mass is 10.2. The molecule has 0 unspecified atom stereocenters. The van der Waals surface area contributed by atoms with Gasteiger partial charge < -0.3 is 10.5 Å². The van der Waals surface area contributed by atoms with Gasteiger partial charge in [-0.3, -0.25) is 9.69 Å². The molecule has 13 heteroatoms. The van der Waals surface area contributed by atoms with Crippen LogP contribution in [0.25, 0.3) is 5.82 Å². The van der Waals surface area contributed by atoms with E-state index in [1.165, 1.54) is 16.0 Å². The zero-order valence-electron chi connectivity index (χ0n) is 15.6. The number of hydrogen-bond donors (Lipinski definition) is 2. The number of hydrogen-bond acceptors (Lipinski definition) is 11. The van der Waals surface area contributed by atoms with Gasteiger partial charge in [0.25, 0.3) is 5.91 Å². The number of hydrazone groups is 1. The maximum absolute atomic E-state index is 12.7. The Morgan fingerprint density at radius 1 is 1.41 bits per heavy atom. The SMILES string of the molecule is Cc1ccsc1C=NNC(=O)c1nnn(-c2nonc2N)c1CN1CCOCC1. The smallest absolute Gasteiger partial charge is 0.293 e. The molecule has 0 saturated carbocycles. The fraction of sp³-hybridized carbons (Fsp3) is 0.375. The molecule has 29 heavy (non-hydrogen) atoms. The predicted molar refractivity (Wildman–Crippen MR) is 104 cm³/mol. The lowest BCUT2D eigenvalue weighted by molar-refractivity contribution is 0.0332. The van der Waals surface area contributed by atoms with E-state index in [2.05, 4.69) is 40.7 Å². The van der Waals surface area contributed by atoms with Crippen LogP contribution in [0, 0.1) is 6.92 Å². The van der Waals surface area contributed by atoms with E-state index in [0.29, 0.717) is 38.5 Å². The van der Waals surface area contributed by atoms with E-state index in [1.807, 2.05) is 18.4 Å². The third kappa shape index (κ3) is 4.16. The number of amides is 1. The molecule has 0 atom stereocenters. The van der Waals surface area contributed by atoms with Crippen molar-refractivity contribution in [3.63, 3.8) is 0 Å². The van der Waals surface area contributed by atoms with E-state index in [-0.39, 0.29) is 17.3 Å². The summed E-state index contributed by atoms with van der Waals surface area (Å²) in [6.45, 7) is 5.03. The second-order valence-corrected chi connectivity index (χ2v) is 7.27. The first-order valence-electron chi connectivity index (χ1n) is 8.84. The minimum absolute atomic E-state index is 0.0521. The van der Waals surface area contributed by atoms with Crippen molar-refractivity contribution in [3.8, 4) is 5.82 Å². The molecule has 0 aliphatic carbocycles. The van der Waals surface area contributed by atoms with Gasteiger partial charge in [0.1, 0.15) is 0 Å². The van der Waals surface area contributed by atoms with Gasteiger partial charge in [-0.05, 0) is 34.2 Å². The topological polar surface area (TPSA) is 150 Å². The van der Waals surface area contributed by atoms with E-state index < -0.39 is 5.91 Å². The van der Waals surface area contributed by atoms with Crippen LogP contribution in [0.5, 0.6) is 0 Å². The number of nitrogen functional groups attached to an aromatic ring is 1. The van der Waals surface area contributed by atoms with Gasteiger partial charge in [-0.2, -0.15) is 9.78 Å². The van der Waals surface area contributed by atoms with Crippen molar-refractivity contribution in [3.05, 3.63) is 33.3 Å². The summed E-state index contributed by atoms with van der Waals surface area (Å²) in [4.78, 5) is 15.8. The van der Waals surface area contributed by atoms with Gasteiger partial charge in [0.05, 0.1) is 25.1 Å². The maximum Gasteiger partial charge on any atom is 0.293 e. The molecule has 0 spiro atoms. The number of carbonyl (C=O) groups excluding carboxylic acids is 1. The maximum atomic E-state index is 12.7. The van der Waals surface area contributed by atoms with Gasteiger partial charge in [0.15, 0.2) is 5.69 Å². The van der Waals surface area contributed by atoms with Gasteiger partial charge in [0, 0.05) is 24.5 Å². The number of morpholine rings is 1. The van der Waals surface area contributed by atoms with E-state index in [0.717, 1.165) is 10.4 Å². The molecular weight excluding hydrogens is 398 g/mol. The molecule has 0 bridgehead atoms. The molecule has 3 aromatic rings. The summed E-state index contributed by atoms with van der Waals surface area (Å²) in [6, 6.07) is 1.98. The molecule has 12 nitrogen and oxygen atoms in total. The fourth-order valence-corrected chi connectivity index (χ4v) is 3.60. The number of ether oxygens (including phenoxy) is 1. The third-order valence-corrected chi connectivity index (χ3v) is 5.35. The number of nitrogens with zero attached hydrogens (tertiary/aromatic N) is 7. The zero-order chi connectivity index (χ0) is 20.2. The summed E-state index contributed by atoms with van der Waals surface area (Å²) in [7, 11) is 0. The molecule has 1 fully saturated rings. The number of nitrogens with two attached hydrogens (primary N) is 1. The Bertz CT molecular complexity index is 1020. The molecule has 1 saturated heterocycles. The summed E-state index contributed by atoms with van der Waals surface area (Å²) in [5.41, 5.74) is 10.0. The van der Waals surface area contributed by atoms with Gasteiger partial charge in [0.2, 0.25) is 11.6 Å². The normalized spacial score (nSPS) is 15.2. The monoisotopic (exact) mass is 417 g/mol. The Hall–Kier alpha value is -3.16. The van der Waals surface area contributed by atoms with Crippen LogP contribution < -0.4 is 11.2 Å². The van der Waals surface area contributed by atoms with Crippen LogP contribution in [0.2, 0.25) is 0 Å². The fourth-order valence-electron chi connectivity index (χ4n) is 2.82. The van der Waals surface area contributed by atoms with E-state index in [9.17, 15) is 4.79 Å². The average Bonchev–Trinajstić information content (AvgIpc) is 3.43. The third-order valence-electron chi connectivity index (χ3n) is 4.40. The Balaban J connectivity index is 1.59. The highest BCUT2D eigenvalue weighted by atomic mass is 32.1. The van der Waals surface area contributed by atoms with E-state index in [4.69, 9.17) is 10.5 Å². The second-order valence-electron chi connectivity index (χ2n) is 6.33. The van der Waals surface area contributed by atoms with Crippen LogP contribution in [0.4, 0.5) is 5.82 Å². The largest absolute Gasteiger partial charge is 0.379 e. The highest BCUT2D eigenvalue weighted by Crippen LogP contribution is 2.18. The number of carbonyl (C=O) groups is 1. The Morgan fingerprint density at radius 3 is 2.93 bits per heavy atom. The number of rotatable bonds is 6. The van der Waals surface area contributed by atoms with E-state index >= 15 is 0 Å². The van der Waals surface area contributed by atoms with Crippen LogP contribution in [0.3, 0.4) is 0 Å². The second kappa shape index (κ2) is 8.46. The Labute approximate surface area is 169 Å². The summed E-state index contributed by atoms with van der Waals surface area (Å²) in [5, 5.41) is 21.4. The van der Waals surface area contributed by atoms with Gasteiger partial charge in [-0.25, -0.2) is 10.1 Å². The quantitative estimate of drug-likeness (QED) is 0.423. The number of aromatic nitrogens is 5. The molecule has 4 heterocycles. The number of nitrogens with one attached hydrogen (secondary N) is 1. The number of aryl methyl sites for hydroxylation is 1. The Morgan fingerprint density at radius 2 is 2.24 bits per heavy atom. The van der Waals surface area contributed by atoms with Crippen molar-refractivity contribution in [2.45, 2.75) is 13.5 Å². The van der Waals surface area contributed by atoms with Crippen LogP contribution in [0.1, 0.15) is 26.6 Å². The van der Waals surface area contributed by atoms with Crippen molar-refractivity contribution >= 4 is 29.3 Å². The summed E-state index contributed by atoms with van der Waals surface area (Å²) in [6.07, 6.45) is 1.60. The van der Waals surface area contributed by atoms with Crippen LogP contribution in [0.15, 0.2) is 21.2 Å². The highest BCUT2D eigenvalue weighted by molar-refractivity contribution is 7.11. The minimum atomic E-state index is -0.486. The molecule has 1 aliphatic heterocycles. The minimum Gasteiger partial charge on any atom is -0.379 e. The first kappa shape index (κ1) is 19.2. The predicted octanol–water partition coefficient (Wildman–Crippen LogP) is 0.199. The first-order valence-corrected chi connectivity index (χ1v) is 9.72. The molecule has 3 aromatic heterocycles. The van der Waals surface area contributed by atoms with Gasteiger partial charge in [-0.1, -0.05) is 5.21 Å². The summed E-state index contributed by atoms with van der Waals surface area (Å²) >= 11 is 1.54. The van der Waals surface area contributed by atoms with Crippen molar-refractivity contribution in [2.24, 2.45) is 5.10 Å². The van der Waals surface area contributed by atoms with Crippen molar-refractivity contribution < 1.29 is 14.2 Å². The van der Waals surface area contributed by atoms with Crippen molar-refractivity contribution in [2.75, 3.05) is 32.0 Å². The molecule has 4 rings (SSSR count). The van der Waals surface area contributed by atoms with Gasteiger partial charge >= 0.3 is 0 Å². The van der Waals surface area contributed by atoms with Crippen LogP contribution in [-0.4, -0.2) is 68.6 Å². The number of thiophene rings is 1. The Kier molecular flexibility index (Phi) is 5.59. The van der Waals surface area contributed by atoms with Gasteiger partial charge in [-0.15, -0.1) is 16.4 Å². The first-order chi connectivity index (χ1) is 14.1. The number of anilines is 1. The summed E-state index contributed by atoms with van der Waals surface area (Å²) in [5.74, 6) is -0.256. The lowest BCUT2D eigenvalue weighted by Gasteiger charge is -2.26.